The summed E-state index contributed by atoms with van der Waals surface area (Å²) < 4.78 is 74.1. The summed E-state index contributed by atoms with van der Waals surface area (Å²) in [6, 6.07) is 1.43. The number of fused-ring (bicyclic) bond motifs is 1. The molecule has 3 unspecified atom stereocenters. The molecule has 3 rings (SSSR count). The minimum absolute atomic E-state index is 0.0165. The van der Waals surface area contributed by atoms with Crippen molar-refractivity contribution in [1.29, 1.82) is 0 Å². The molecule has 1 aromatic heterocycles. The van der Waals surface area contributed by atoms with Gasteiger partial charge in [0.25, 0.3) is 5.91 Å². The third-order valence-electron chi connectivity index (χ3n) is 4.29. The first kappa shape index (κ1) is 24.4. The monoisotopic (exact) mass is 461 g/mol. The van der Waals surface area contributed by atoms with E-state index in [0.29, 0.717) is 12.1 Å². The van der Waals surface area contributed by atoms with Crippen molar-refractivity contribution in [3.63, 3.8) is 0 Å². The van der Waals surface area contributed by atoms with E-state index in [1.165, 1.54) is 24.7 Å². The maximum atomic E-state index is 13.4. The van der Waals surface area contributed by atoms with Gasteiger partial charge in [-0.2, -0.15) is 13.2 Å². The van der Waals surface area contributed by atoms with Crippen LogP contribution in [0.1, 0.15) is 23.0 Å². The van der Waals surface area contributed by atoms with E-state index in [-0.39, 0.29) is 28.6 Å². The van der Waals surface area contributed by atoms with E-state index in [9.17, 15) is 31.7 Å². The van der Waals surface area contributed by atoms with Crippen LogP contribution in [0.4, 0.5) is 23.2 Å². The first-order valence-electron chi connectivity index (χ1n) is 8.68. The molecule has 0 saturated carbocycles. The fraction of sp³-hybridized carbons (Fsp3) is 0.316. The van der Waals surface area contributed by atoms with Crippen LogP contribution in [0.2, 0.25) is 0 Å². The number of benzene rings is 1. The van der Waals surface area contributed by atoms with Crippen molar-refractivity contribution in [3.05, 3.63) is 41.5 Å². The number of ether oxygens (including phenoxy) is 1. The van der Waals surface area contributed by atoms with Crippen LogP contribution in [0, 0.1) is 18.7 Å². The van der Waals surface area contributed by atoms with E-state index < -0.39 is 46.6 Å². The summed E-state index contributed by atoms with van der Waals surface area (Å²) in [5.41, 5.74) is -1.87. The lowest BCUT2D eigenvalue weighted by Gasteiger charge is -2.17. The number of halogens is 4. The van der Waals surface area contributed by atoms with E-state index in [2.05, 4.69) is 22.9 Å². The average molecular weight is 461 g/mol. The number of aliphatic hydroxyl groups is 1. The minimum Gasteiger partial charge on any atom is -0.488 e. The maximum absolute atomic E-state index is 13.4. The molecule has 7 nitrogen and oxygen atoms in total. The Kier molecular flexibility index (Phi) is 7.48. The molecule has 31 heavy (non-hydrogen) atoms. The molecule has 0 bridgehead atoms. The summed E-state index contributed by atoms with van der Waals surface area (Å²) in [7, 11) is -0.314. The van der Waals surface area contributed by atoms with Crippen LogP contribution in [-0.2, 0) is 24.2 Å². The number of alkyl halides is 3. The summed E-state index contributed by atoms with van der Waals surface area (Å²) in [6.45, 7) is 1.39. The van der Waals surface area contributed by atoms with E-state index in [0.717, 1.165) is 6.07 Å². The van der Waals surface area contributed by atoms with Crippen LogP contribution in [-0.4, -0.2) is 38.5 Å². The van der Waals surface area contributed by atoms with Crippen molar-refractivity contribution in [3.8, 4) is 18.6 Å². The number of carbonyl (C=O) groups excluding carboxylic acids is 1. The SMILES string of the molecule is C#C.CC(O)C1COc2c(cn(C)c2C(=O)Nc2ccc(F)c(C(F)(F)F)c2)S(=O)N1. The van der Waals surface area contributed by atoms with Crippen molar-refractivity contribution in [1.82, 2.24) is 9.29 Å². The molecule has 3 atom stereocenters. The number of anilines is 1. The van der Waals surface area contributed by atoms with Gasteiger partial charge in [-0.25, -0.2) is 13.3 Å². The molecule has 0 fully saturated rings. The standard InChI is InChI=1S/C17H17F4N3O4S.C2H2/c1-8(25)12-7-28-15-13(29(27)23-12)6-24(2)14(15)16(26)22-9-3-4-11(18)10(5-9)17(19,20)21;1-2/h3-6,8,12,23,25H,7H2,1-2H3,(H,22,26);1-2H. The predicted octanol–water partition coefficient (Wildman–Crippen LogP) is 2.44. The summed E-state index contributed by atoms with van der Waals surface area (Å²) >= 11 is 0. The minimum atomic E-state index is -4.92. The number of hydrogen-bond donors (Lipinski definition) is 3. The van der Waals surface area contributed by atoms with Crippen LogP contribution in [0.3, 0.4) is 0 Å². The number of terminal acetylenes is 1. The lowest BCUT2D eigenvalue weighted by Crippen LogP contribution is -2.42. The molecule has 1 aromatic carbocycles. The molecule has 12 heteroatoms. The highest BCUT2D eigenvalue weighted by Gasteiger charge is 2.35. The summed E-state index contributed by atoms with van der Waals surface area (Å²) in [5.74, 6) is -2.31. The van der Waals surface area contributed by atoms with Gasteiger partial charge in [-0.1, -0.05) is 0 Å². The molecule has 2 heterocycles. The van der Waals surface area contributed by atoms with Gasteiger partial charge < -0.3 is 19.7 Å². The Morgan fingerprint density at radius 2 is 2.06 bits per heavy atom. The van der Waals surface area contributed by atoms with Crippen molar-refractivity contribution < 1.29 is 36.4 Å². The second-order valence-electron chi connectivity index (χ2n) is 6.47. The van der Waals surface area contributed by atoms with Crippen LogP contribution >= 0.6 is 0 Å². The molecule has 2 aromatic rings. The molecule has 0 spiro atoms. The summed E-state index contributed by atoms with van der Waals surface area (Å²) in [5, 5.41) is 12.0. The lowest BCUT2D eigenvalue weighted by atomic mass is 10.1. The van der Waals surface area contributed by atoms with Crippen LogP contribution in [0.5, 0.6) is 5.75 Å². The second kappa shape index (κ2) is 9.51. The Hall–Kier alpha value is -2.88. The van der Waals surface area contributed by atoms with Gasteiger partial charge in [-0.05, 0) is 25.1 Å². The number of carbonyl (C=O) groups is 1. The normalized spacial score (nSPS) is 19.1. The highest BCUT2D eigenvalue weighted by atomic mass is 32.2. The van der Waals surface area contributed by atoms with Crippen molar-refractivity contribution in [2.45, 2.75) is 30.1 Å². The van der Waals surface area contributed by atoms with E-state index >= 15 is 0 Å². The number of nitrogens with zero attached hydrogens (tertiary/aromatic N) is 1. The molecular formula is C19H19F4N3O4S. The molecule has 1 aliphatic heterocycles. The van der Waals surface area contributed by atoms with Crippen LogP contribution in [0.25, 0.3) is 0 Å². The smallest absolute Gasteiger partial charge is 0.419 e. The number of rotatable bonds is 3. The Bertz CT molecular complexity index is 1020. The van der Waals surface area contributed by atoms with Gasteiger partial charge >= 0.3 is 6.18 Å². The maximum Gasteiger partial charge on any atom is 0.419 e. The molecule has 0 aliphatic carbocycles. The van der Waals surface area contributed by atoms with Crippen LogP contribution < -0.4 is 14.8 Å². The van der Waals surface area contributed by atoms with Gasteiger partial charge in [-0.15, -0.1) is 12.8 Å². The zero-order chi connectivity index (χ0) is 23.5. The fourth-order valence-corrected chi connectivity index (χ4v) is 4.01. The van der Waals surface area contributed by atoms with Crippen molar-refractivity contribution >= 4 is 22.6 Å². The number of amides is 1. The second-order valence-corrected chi connectivity index (χ2v) is 7.69. The zero-order valence-electron chi connectivity index (χ0n) is 16.4. The highest BCUT2D eigenvalue weighted by molar-refractivity contribution is 7.83. The Morgan fingerprint density at radius 1 is 1.42 bits per heavy atom. The third-order valence-corrected chi connectivity index (χ3v) is 5.50. The van der Waals surface area contributed by atoms with Gasteiger partial charge in [0.2, 0.25) is 0 Å². The number of aryl methyl sites for hydroxylation is 1. The fourth-order valence-electron chi connectivity index (χ4n) is 2.77. The highest BCUT2D eigenvalue weighted by Crippen LogP contribution is 2.34. The lowest BCUT2D eigenvalue weighted by molar-refractivity contribution is -0.139. The van der Waals surface area contributed by atoms with Crippen molar-refractivity contribution in [2.75, 3.05) is 11.9 Å². The first-order chi connectivity index (χ1) is 14.5. The summed E-state index contributed by atoms with van der Waals surface area (Å²) in [6.07, 6.45) is 3.58. The number of aliphatic hydroxyl groups excluding tert-OH is 1. The van der Waals surface area contributed by atoms with Gasteiger partial charge in [0.05, 0.1) is 17.7 Å². The van der Waals surface area contributed by atoms with E-state index in [4.69, 9.17) is 4.74 Å². The molecule has 1 amide bonds. The average Bonchev–Trinajstić information content (AvgIpc) is 2.94. The zero-order valence-corrected chi connectivity index (χ0v) is 17.2. The quantitative estimate of drug-likeness (QED) is 0.484. The first-order valence-corrected chi connectivity index (χ1v) is 9.83. The van der Waals surface area contributed by atoms with Gasteiger partial charge in [-0.3, -0.25) is 4.79 Å². The molecular weight excluding hydrogens is 442 g/mol. The van der Waals surface area contributed by atoms with E-state index in [1.54, 1.807) is 0 Å². The van der Waals surface area contributed by atoms with Crippen LogP contribution in [0.15, 0.2) is 29.3 Å². The largest absolute Gasteiger partial charge is 0.488 e. The van der Waals surface area contributed by atoms with Gasteiger partial charge in [0.15, 0.2) is 11.4 Å². The van der Waals surface area contributed by atoms with Crippen molar-refractivity contribution in [2.24, 2.45) is 7.05 Å². The van der Waals surface area contributed by atoms with Gasteiger partial charge in [0.1, 0.15) is 28.3 Å². The Morgan fingerprint density at radius 3 is 2.65 bits per heavy atom. The Labute approximate surface area is 178 Å². The molecule has 1 aliphatic rings. The predicted molar refractivity (Wildman–Crippen MR) is 105 cm³/mol. The molecule has 3 N–H and O–H groups in total. The Balaban J connectivity index is 0.00000166. The number of aromatic nitrogens is 1. The summed E-state index contributed by atoms with van der Waals surface area (Å²) in [4.78, 5) is 12.8. The number of nitrogens with one attached hydrogen (secondary N) is 2. The third kappa shape index (κ3) is 5.25. The van der Waals surface area contributed by atoms with Gasteiger partial charge in [0, 0.05) is 18.9 Å². The number of hydrogen-bond acceptors (Lipinski definition) is 4. The van der Waals surface area contributed by atoms with E-state index in [1.807, 2.05) is 0 Å². The molecule has 0 radical (unpaired) electrons. The molecule has 168 valence electrons. The molecule has 0 saturated heterocycles. The topological polar surface area (TPSA) is 92.6 Å².